The summed E-state index contributed by atoms with van der Waals surface area (Å²) in [5.41, 5.74) is 2.01. The van der Waals surface area contributed by atoms with Gasteiger partial charge in [0.05, 0.1) is 0 Å². The molecule has 4 heteroatoms. The van der Waals surface area contributed by atoms with Crippen molar-refractivity contribution in [2.75, 3.05) is 0 Å². The molecule has 0 saturated carbocycles. The lowest BCUT2D eigenvalue weighted by Gasteiger charge is -1.97. The molecule has 1 aromatic carbocycles. The number of nitriles is 1. The number of aliphatic imine (C=N–C) groups is 1. The molecule has 0 bridgehead atoms. The van der Waals surface area contributed by atoms with E-state index in [0.29, 0.717) is 11.1 Å². The summed E-state index contributed by atoms with van der Waals surface area (Å²) in [6.07, 6.45) is 0. The molecule has 1 aliphatic rings. The predicted molar refractivity (Wildman–Crippen MR) is 68.2 cm³/mol. The van der Waals surface area contributed by atoms with Crippen LogP contribution in [0.1, 0.15) is 22.8 Å². The van der Waals surface area contributed by atoms with Gasteiger partial charge in [0.25, 0.3) is 0 Å². The van der Waals surface area contributed by atoms with Crippen molar-refractivity contribution in [1.29, 1.82) is 5.26 Å². The molecule has 88 valence electrons. The second kappa shape index (κ2) is 4.30. The van der Waals surface area contributed by atoms with Gasteiger partial charge in [-0.2, -0.15) is 5.26 Å². The summed E-state index contributed by atoms with van der Waals surface area (Å²) in [6, 6.07) is 8.85. The summed E-state index contributed by atoms with van der Waals surface area (Å²) in [5, 5.41) is 18.0. The topological polar surface area (TPSA) is 73.4 Å². The number of carbonyl (C=O) groups excluding carboxylic acids is 1. The Bertz CT molecular complexity index is 661. The molecule has 0 saturated heterocycles. The Morgan fingerprint density at radius 1 is 1.39 bits per heavy atom. The summed E-state index contributed by atoms with van der Waals surface area (Å²) >= 11 is 0. The number of rotatable bonds is 2. The highest BCUT2D eigenvalue weighted by Gasteiger charge is 2.27. The van der Waals surface area contributed by atoms with Gasteiger partial charge in [0.1, 0.15) is 17.5 Å². The van der Waals surface area contributed by atoms with Crippen LogP contribution in [0.4, 0.5) is 0 Å². The first-order valence-electron chi connectivity index (χ1n) is 5.28. The highest BCUT2D eigenvalue weighted by molar-refractivity contribution is 6.22. The van der Waals surface area contributed by atoms with E-state index in [2.05, 4.69) is 11.6 Å². The number of hydrogen-bond donors (Lipinski definition) is 1. The maximum atomic E-state index is 12.1. The largest absolute Gasteiger partial charge is 0.506 e. The van der Waals surface area contributed by atoms with Crippen molar-refractivity contribution in [3.05, 3.63) is 53.4 Å². The van der Waals surface area contributed by atoms with Crippen molar-refractivity contribution < 1.29 is 9.90 Å². The van der Waals surface area contributed by atoms with Crippen LogP contribution in [0.2, 0.25) is 0 Å². The van der Waals surface area contributed by atoms with Crippen LogP contribution in [0.25, 0.3) is 5.57 Å². The molecule has 18 heavy (non-hydrogen) atoms. The van der Waals surface area contributed by atoms with Crippen LogP contribution in [0.3, 0.4) is 0 Å². The summed E-state index contributed by atoms with van der Waals surface area (Å²) in [6.45, 7) is 5.00. The fourth-order valence-corrected chi connectivity index (χ4v) is 1.83. The van der Waals surface area contributed by atoms with Crippen LogP contribution in [0.5, 0.6) is 0 Å². The molecule has 0 aromatic heterocycles. The zero-order chi connectivity index (χ0) is 13.3. The van der Waals surface area contributed by atoms with Crippen LogP contribution in [0.15, 0.2) is 47.3 Å². The number of ketones is 1. The molecular weight excluding hydrogens is 228 g/mol. The fraction of sp³-hybridized carbons (Fsp3) is 0.0714. The maximum absolute atomic E-state index is 12.1. The number of nitrogens with zero attached hydrogens (tertiary/aromatic N) is 2. The normalized spacial score (nSPS) is 14.4. The number of hydrogen-bond acceptors (Lipinski definition) is 4. The number of carbonyl (C=O) groups is 1. The SMILES string of the molecule is C=C(O)/C(C#N)=N\C1=C(C)c2ccccc2C1=O. The van der Waals surface area contributed by atoms with Crippen LogP contribution < -0.4 is 0 Å². The average Bonchev–Trinajstić information content (AvgIpc) is 2.60. The molecule has 0 unspecified atom stereocenters. The van der Waals surface area contributed by atoms with Crippen molar-refractivity contribution in [2.24, 2.45) is 4.99 Å². The molecule has 4 nitrogen and oxygen atoms in total. The van der Waals surface area contributed by atoms with Crippen molar-refractivity contribution in [1.82, 2.24) is 0 Å². The van der Waals surface area contributed by atoms with Crippen molar-refractivity contribution in [3.63, 3.8) is 0 Å². The third-order valence-electron chi connectivity index (χ3n) is 2.75. The molecule has 1 aromatic rings. The molecule has 0 fully saturated rings. The minimum Gasteiger partial charge on any atom is -0.506 e. The van der Waals surface area contributed by atoms with Gasteiger partial charge in [-0.25, -0.2) is 4.99 Å². The quantitative estimate of drug-likeness (QED) is 0.635. The molecule has 2 rings (SSSR count). The Labute approximate surface area is 104 Å². The smallest absolute Gasteiger partial charge is 0.212 e. The molecule has 0 spiro atoms. The second-order valence-corrected chi connectivity index (χ2v) is 3.87. The van der Waals surface area contributed by atoms with Crippen LogP contribution in [0, 0.1) is 11.3 Å². The fourth-order valence-electron chi connectivity index (χ4n) is 1.83. The van der Waals surface area contributed by atoms with Crippen molar-refractivity contribution in [3.8, 4) is 6.07 Å². The van der Waals surface area contributed by atoms with Crippen LogP contribution in [-0.2, 0) is 0 Å². The molecule has 0 heterocycles. The number of aliphatic hydroxyl groups excluding tert-OH is 1. The van der Waals surface area contributed by atoms with E-state index in [9.17, 15) is 9.90 Å². The van der Waals surface area contributed by atoms with E-state index in [1.807, 2.05) is 12.1 Å². The monoisotopic (exact) mass is 238 g/mol. The predicted octanol–water partition coefficient (Wildman–Crippen LogP) is 2.65. The number of fused-ring (bicyclic) bond motifs is 1. The van der Waals surface area contributed by atoms with Gasteiger partial charge >= 0.3 is 0 Å². The highest BCUT2D eigenvalue weighted by atomic mass is 16.3. The Morgan fingerprint density at radius 2 is 2.00 bits per heavy atom. The van der Waals surface area contributed by atoms with Gasteiger partial charge in [-0.3, -0.25) is 4.79 Å². The van der Waals surface area contributed by atoms with Gasteiger partial charge in [-0.05, 0) is 18.1 Å². The molecule has 0 atom stereocenters. The number of benzene rings is 1. The van der Waals surface area contributed by atoms with Crippen LogP contribution >= 0.6 is 0 Å². The molecule has 0 amide bonds. The average molecular weight is 238 g/mol. The lowest BCUT2D eigenvalue weighted by Crippen LogP contribution is -2.03. The highest BCUT2D eigenvalue weighted by Crippen LogP contribution is 2.32. The van der Waals surface area contributed by atoms with Gasteiger partial charge in [0.2, 0.25) is 5.78 Å². The third-order valence-corrected chi connectivity index (χ3v) is 2.75. The van der Waals surface area contributed by atoms with Crippen molar-refractivity contribution in [2.45, 2.75) is 6.92 Å². The van der Waals surface area contributed by atoms with Crippen LogP contribution in [-0.4, -0.2) is 16.6 Å². The zero-order valence-electron chi connectivity index (χ0n) is 9.77. The van der Waals surface area contributed by atoms with Gasteiger partial charge < -0.3 is 5.11 Å². The van der Waals surface area contributed by atoms with E-state index in [4.69, 9.17) is 5.26 Å². The van der Waals surface area contributed by atoms with Gasteiger partial charge in [0, 0.05) is 5.56 Å². The maximum Gasteiger partial charge on any atom is 0.212 e. The zero-order valence-corrected chi connectivity index (χ0v) is 9.77. The summed E-state index contributed by atoms with van der Waals surface area (Å²) in [7, 11) is 0. The lowest BCUT2D eigenvalue weighted by molar-refractivity contribution is 0.103. The van der Waals surface area contributed by atoms with Gasteiger partial charge in [0.15, 0.2) is 5.71 Å². The molecule has 1 aliphatic carbocycles. The minimum absolute atomic E-state index is 0.183. The number of aliphatic hydroxyl groups is 1. The van der Waals surface area contributed by atoms with E-state index < -0.39 is 5.76 Å². The van der Waals surface area contributed by atoms with E-state index in [1.54, 1.807) is 25.1 Å². The molecule has 1 N–H and O–H groups in total. The lowest BCUT2D eigenvalue weighted by atomic mass is 10.1. The second-order valence-electron chi connectivity index (χ2n) is 3.87. The molecule has 0 aliphatic heterocycles. The Kier molecular flexibility index (Phi) is 2.82. The Balaban J connectivity index is 2.57. The summed E-state index contributed by atoms with van der Waals surface area (Å²) in [4.78, 5) is 16.0. The minimum atomic E-state index is -0.443. The first-order valence-corrected chi connectivity index (χ1v) is 5.28. The van der Waals surface area contributed by atoms with E-state index in [-0.39, 0.29) is 17.2 Å². The Morgan fingerprint density at radius 3 is 2.50 bits per heavy atom. The van der Waals surface area contributed by atoms with Crippen molar-refractivity contribution >= 4 is 17.1 Å². The first kappa shape index (κ1) is 11.8. The summed E-state index contributed by atoms with van der Waals surface area (Å²) in [5.74, 6) is -0.682. The third kappa shape index (κ3) is 1.72. The van der Waals surface area contributed by atoms with E-state index in [0.717, 1.165) is 5.56 Å². The first-order chi connectivity index (χ1) is 8.56. The molecular formula is C14H10N2O2. The number of allylic oxidation sites excluding steroid dienone is 3. The van der Waals surface area contributed by atoms with E-state index in [1.165, 1.54) is 0 Å². The number of Topliss-reactive ketones (excluding diaryl/α,β-unsaturated/α-hetero) is 1. The standard InChI is InChI=1S/C14H10N2O2/c1-8-10-5-3-4-6-11(10)14(18)13(8)16-12(7-15)9(2)17/h3-6,17H,2H2,1H3/b16-12-. The van der Waals surface area contributed by atoms with Gasteiger partial charge in [-0.15, -0.1) is 0 Å². The molecule has 0 radical (unpaired) electrons. The van der Waals surface area contributed by atoms with Gasteiger partial charge in [-0.1, -0.05) is 30.8 Å². The summed E-state index contributed by atoms with van der Waals surface area (Å²) < 4.78 is 0. The van der Waals surface area contributed by atoms with E-state index >= 15 is 0 Å². The Hall–Kier alpha value is -2.67.